The van der Waals surface area contributed by atoms with E-state index in [1.807, 2.05) is 18.2 Å². The molecule has 0 aliphatic heterocycles. The predicted molar refractivity (Wildman–Crippen MR) is 82.7 cm³/mol. The molecule has 0 bridgehead atoms. The highest BCUT2D eigenvalue weighted by atomic mass is 35.5. The molecule has 0 amide bonds. The fourth-order valence-corrected chi connectivity index (χ4v) is 2.39. The second-order valence-electron chi connectivity index (χ2n) is 4.59. The first-order valence-electron chi connectivity index (χ1n) is 6.46. The van der Waals surface area contributed by atoms with Crippen LogP contribution in [-0.2, 0) is 6.54 Å². The van der Waals surface area contributed by atoms with Crippen molar-refractivity contribution in [3.8, 4) is 0 Å². The van der Waals surface area contributed by atoms with Gasteiger partial charge in [-0.25, -0.2) is 0 Å². The molecule has 0 heterocycles. The standard InChI is InChI=1S/C16H19ClN2/c1-13-6-2-5-9-16(13)19(11-10-18)12-14-7-3-4-8-15(14)17/h2-9H,10-12,18H2,1H3. The van der Waals surface area contributed by atoms with Crippen molar-refractivity contribution in [1.82, 2.24) is 0 Å². The maximum atomic E-state index is 6.24. The van der Waals surface area contributed by atoms with Crippen LogP contribution in [0.2, 0.25) is 5.02 Å². The summed E-state index contributed by atoms with van der Waals surface area (Å²) in [6.45, 7) is 4.34. The summed E-state index contributed by atoms with van der Waals surface area (Å²) in [5, 5.41) is 0.804. The van der Waals surface area contributed by atoms with Gasteiger partial charge >= 0.3 is 0 Å². The molecule has 0 aromatic heterocycles. The van der Waals surface area contributed by atoms with Gasteiger partial charge in [0.1, 0.15) is 0 Å². The van der Waals surface area contributed by atoms with Crippen LogP contribution in [0.3, 0.4) is 0 Å². The van der Waals surface area contributed by atoms with Gasteiger partial charge in [-0.05, 0) is 30.2 Å². The topological polar surface area (TPSA) is 29.3 Å². The summed E-state index contributed by atoms with van der Waals surface area (Å²) in [5.41, 5.74) is 9.33. The molecule has 2 nitrogen and oxygen atoms in total. The zero-order chi connectivity index (χ0) is 13.7. The summed E-state index contributed by atoms with van der Waals surface area (Å²) < 4.78 is 0. The van der Waals surface area contributed by atoms with E-state index in [1.54, 1.807) is 0 Å². The maximum absolute atomic E-state index is 6.24. The van der Waals surface area contributed by atoms with E-state index in [-0.39, 0.29) is 0 Å². The van der Waals surface area contributed by atoms with Crippen molar-refractivity contribution in [1.29, 1.82) is 0 Å². The molecule has 2 N–H and O–H groups in total. The summed E-state index contributed by atoms with van der Waals surface area (Å²) >= 11 is 6.24. The third kappa shape index (κ3) is 3.49. The molecular weight excluding hydrogens is 256 g/mol. The lowest BCUT2D eigenvalue weighted by atomic mass is 10.1. The van der Waals surface area contributed by atoms with E-state index in [1.165, 1.54) is 11.3 Å². The lowest BCUT2D eigenvalue weighted by molar-refractivity contribution is 0.787. The zero-order valence-corrected chi connectivity index (χ0v) is 11.9. The molecule has 0 saturated carbocycles. The van der Waals surface area contributed by atoms with Crippen LogP contribution >= 0.6 is 11.6 Å². The Hall–Kier alpha value is -1.51. The number of aryl methyl sites for hydroxylation is 1. The Balaban J connectivity index is 2.27. The van der Waals surface area contributed by atoms with Gasteiger partial charge in [0.05, 0.1) is 0 Å². The fourth-order valence-electron chi connectivity index (χ4n) is 2.19. The number of hydrogen-bond acceptors (Lipinski definition) is 2. The third-order valence-corrected chi connectivity index (χ3v) is 3.54. The molecule has 19 heavy (non-hydrogen) atoms. The SMILES string of the molecule is Cc1ccccc1N(CCN)Cc1ccccc1Cl. The Bertz CT molecular complexity index is 540. The summed E-state index contributed by atoms with van der Waals surface area (Å²) in [6.07, 6.45) is 0. The van der Waals surface area contributed by atoms with Gasteiger partial charge in [0, 0.05) is 30.3 Å². The highest BCUT2D eigenvalue weighted by Gasteiger charge is 2.10. The van der Waals surface area contributed by atoms with E-state index in [4.69, 9.17) is 17.3 Å². The molecule has 2 rings (SSSR count). The molecule has 0 unspecified atom stereocenters. The first-order valence-corrected chi connectivity index (χ1v) is 6.84. The van der Waals surface area contributed by atoms with Crippen molar-refractivity contribution in [3.05, 3.63) is 64.7 Å². The predicted octanol–water partition coefficient (Wildman–Crippen LogP) is 3.61. The van der Waals surface area contributed by atoms with Gasteiger partial charge in [-0.2, -0.15) is 0 Å². The molecule has 100 valence electrons. The minimum Gasteiger partial charge on any atom is -0.366 e. The summed E-state index contributed by atoms with van der Waals surface area (Å²) in [4.78, 5) is 2.27. The van der Waals surface area contributed by atoms with Gasteiger partial charge < -0.3 is 10.6 Å². The van der Waals surface area contributed by atoms with Crippen LogP contribution in [-0.4, -0.2) is 13.1 Å². The highest BCUT2D eigenvalue weighted by Crippen LogP contribution is 2.24. The first-order chi connectivity index (χ1) is 9.22. The highest BCUT2D eigenvalue weighted by molar-refractivity contribution is 6.31. The van der Waals surface area contributed by atoms with Crippen LogP contribution in [0.5, 0.6) is 0 Å². The number of benzene rings is 2. The van der Waals surface area contributed by atoms with Crippen LogP contribution < -0.4 is 10.6 Å². The van der Waals surface area contributed by atoms with Crippen LogP contribution in [0.1, 0.15) is 11.1 Å². The Labute approximate surface area is 119 Å². The van der Waals surface area contributed by atoms with Gasteiger partial charge in [0.2, 0.25) is 0 Å². The van der Waals surface area contributed by atoms with Gasteiger partial charge in [-0.1, -0.05) is 48.0 Å². The monoisotopic (exact) mass is 274 g/mol. The van der Waals surface area contributed by atoms with Crippen molar-refractivity contribution >= 4 is 17.3 Å². The third-order valence-electron chi connectivity index (χ3n) is 3.17. The number of halogens is 1. The van der Waals surface area contributed by atoms with Crippen LogP contribution in [0, 0.1) is 6.92 Å². The second kappa shape index (κ2) is 6.60. The summed E-state index contributed by atoms with van der Waals surface area (Å²) in [6, 6.07) is 16.3. The van der Waals surface area contributed by atoms with Crippen molar-refractivity contribution in [2.24, 2.45) is 5.73 Å². The van der Waals surface area contributed by atoms with E-state index in [0.717, 1.165) is 23.7 Å². The zero-order valence-electron chi connectivity index (χ0n) is 11.1. The van der Waals surface area contributed by atoms with Gasteiger partial charge in [-0.15, -0.1) is 0 Å². The molecule has 3 heteroatoms. The number of para-hydroxylation sites is 1. The largest absolute Gasteiger partial charge is 0.366 e. The first kappa shape index (κ1) is 13.9. The molecule has 0 fully saturated rings. The van der Waals surface area contributed by atoms with E-state index < -0.39 is 0 Å². The van der Waals surface area contributed by atoms with E-state index in [9.17, 15) is 0 Å². The molecule has 0 saturated heterocycles. The molecule has 0 aliphatic rings. The lowest BCUT2D eigenvalue weighted by Gasteiger charge is -2.26. The minimum atomic E-state index is 0.624. The quantitative estimate of drug-likeness (QED) is 0.902. The lowest BCUT2D eigenvalue weighted by Crippen LogP contribution is -2.29. The average Bonchev–Trinajstić information content (AvgIpc) is 2.41. The number of anilines is 1. The van der Waals surface area contributed by atoms with Crippen molar-refractivity contribution in [2.45, 2.75) is 13.5 Å². The molecule has 2 aromatic carbocycles. The van der Waals surface area contributed by atoms with Crippen LogP contribution in [0.25, 0.3) is 0 Å². The summed E-state index contributed by atoms with van der Waals surface area (Å²) in [7, 11) is 0. The van der Waals surface area contributed by atoms with E-state index in [2.05, 4.69) is 42.2 Å². The van der Waals surface area contributed by atoms with E-state index in [0.29, 0.717) is 6.54 Å². The Morgan fingerprint density at radius 1 is 1.05 bits per heavy atom. The average molecular weight is 275 g/mol. The normalized spacial score (nSPS) is 10.5. The van der Waals surface area contributed by atoms with Gasteiger partial charge in [0.25, 0.3) is 0 Å². The molecule has 0 aliphatic carbocycles. The molecule has 0 spiro atoms. The maximum Gasteiger partial charge on any atom is 0.0455 e. The molecule has 2 aromatic rings. The van der Waals surface area contributed by atoms with Crippen molar-refractivity contribution < 1.29 is 0 Å². The second-order valence-corrected chi connectivity index (χ2v) is 5.00. The number of hydrogen-bond donors (Lipinski definition) is 1. The van der Waals surface area contributed by atoms with Gasteiger partial charge in [-0.3, -0.25) is 0 Å². The summed E-state index contributed by atoms with van der Waals surface area (Å²) in [5.74, 6) is 0. The van der Waals surface area contributed by atoms with Crippen molar-refractivity contribution in [2.75, 3.05) is 18.0 Å². The smallest absolute Gasteiger partial charge is 0.0455 e. The van der Waals surface area contributed by atoms with Crippen LogP contribution in [0.15, 0.2) is 48.5 Å². The Morgan fingerprint density at radius 3 is 2.42 bits per heavy atom. The van der Waals surface area contributed by atoms with E-state index >= 15 is 0 Å². The molecule has 0 radical (unpaired) electrons. The van der Waals surface area contributed by atoms with Crippen LogP contribution in [0.4, 0.5) is 5.69 Å². The van der Waals surface area contributed by atoms with Crippen molar-refractivity contribution in [3.63, 3.8) is 0 Å². The minimum absolute atomic E-state index is 0.624. The number of rotatable bonds is 5. The Kier molecular flexibility index (Phi) is 4.83. The number of nitrogens with zero attached hydrogens (tertiary/aromatic N) is 1. The number of nitrogens with two attached hydrogens (primary N) is 1. The molecular formula is C16H19ClN2. The Morgan fingerprint density at radius 2 is 1.74 bits per heavy atom. The molecule has 0 atom stereocenters. The van der Waals surface area contributed by atoms with Gasteiger partial charge in [0.15, 0.2) is 0 Å². The fraction of sp³-hybridized carbons (Fsp3) is 0.250.